The maximum Gasteiger partial charge on any atom is -0.0334 e. The Balaban J connectivity index is 4.67. The molecule has 0 N–H and O–H groups in total. The lowest BCUT2D eigenvalue weighted by Crippen LogP contribution is -2.28. The smallest absolute Gasteiger partial charge is 0.0334 e. The van der Waals surface area contributed by atoms with Crippen molar-refractivity contribution in [3.8, 4) is 0 Å². The summed E-state index contributed by atoms with van der Waals surface area (Å²) in [7, 11) is 0. The summed E-state index contributed by atoms with van der Waals surface area (Å²) in [4.78, 5) is 0. The molecule has 0 bridgehead atoms. The molecular formula is C18H38. The lowest BCUT2D eigenvalue weighted by atomic mass is 9.69. The second-order valence-electron chi connectivity index (χ2n) is 6.42. The number of hydrogen-bond donors (Lipinski definition) is 0. The van der Waals surface area contributed by atoms with Crippen LogP contribution in [0.25, 0.3) is 0 Å². The topological polar surface area (TPSA) is 0 Å². The van der Waals surface area contributed by atoms with E-state index in [9.17, 15) is 0 Å². The van der Waals surface area contributed by atoms with Gasteiger partial charge in [-0.25, -0.2) is 0 Å². The highest BCUT2D eigenvalue weighted by molar-refractivity contribution is 4.78. The molecule has 0 amide bonds. The van der Waals surface area contributed by atoms with Gasteiger partial charge in [-0.1, -0.05) is 92.9 Å². The minimum atomic E-state index is 0.915. The van der Waals surface area contributed by atoms with Gasteiger partial charge < -0.3 is 0 Å². The highest BCUT2D eigenvalue weighted by atomic mass is 14.3. The molecule has 0 aromatic rings. The molecule has 0 aliphatic rings. The monoisotopic (exact) mass is 254 g/mol. The molecule has 0 nitrogen and oxygen atoms in total. The van der Waals surface area contributed by atoms with E-state index in [1.165, 1.54) is 51.4 Å². The van der Waals surface area contributed by atoms with Gasteiger partial charge in [0, 0.05) is 0 Å². The van der Waals surface area contributed by atoms with Crippen molar-refractivity contribution in [3.05, 3.63) is 0 Å². The average molecular weight is 255 g/mol. The van der Waals surface area contributed by atoms with Gasteiger partial charge in [0.25, 0.3) is 0 Å². The molecule has 0 radical (unpaired) electrons. The summed E-state index contributed by atoms with van der Waals surface area (Å²) in [6.07, 6.45) is 11.1. The van der Waals surface area contributed by atoms with E-state index in [1.807, 2.05) is 0 Å². The van der Waals surface area contributed by atoms with Crippen LogP contribution in [0.1, 0.15) is 92.9 Å². The maximum atomic E-state index is 2.51. The van der Waals surface area contributed by atoms with Gasteiger partial charge in [0.15, 0.2) is 0 Å². The Labute approximate surface area is 117 Å². The second kappa shape index (κ2) is 10.9. The molecule has 0 rings (SSSR count). The third kappa shape index (κ3) is 6.25. The van der Waals surface area contributed by atoms with E-state index in [1.54, 1.807) is 0 Å². The first-order chi connectivity index (χ1) is 8.62. The first kappa shape index (κ1) is 18.0. The van der Waals surface area contributed by atoms with E-state index in [0.717, 1.165) is 23.7 Å². The third-order valence-electron chi connectivity index (χ3n) is 4.80. The molecule has 3 unspecified atom stereocenters. The van der Waals surface area contributed by atoms with Gasteiger partial charge in [-0.15, -0.1) is 0 Å². The zero-order valence-corrected chi connectivity index (χ0v) is 14.0. The maximum absolute atomic E-state index is 2.51. The molecule has 0 heterocycles. The van der Waals surface area contributed by atoms with Crippen LogP contribution in [-0.2, 0) is 0 Å². The first-order valence-corrected chi connectivity index (χ1v) is 8.62. The highest BCUT2D eigenvalue weighted by Crippen LogP contribution is 2.38. The molecule has 0 spiro atoms. The first-order valence-electron chi connectivity index (χ1n) is 8.62. The van der Waals surface area contributed by atoms with Gasteiger partial charge in [0.2, 0.25) is 0 Å². The van der Waals surface area contributed by atoms with Gasteiger partial charge >= 0.3 is 0 Å². The van der Waals surface area contributed by atoms with E-state index in [2.05, 4.69) is 41.5 Å². The van der Waals surface area contributed by atoms with Crippen molar-refractivity contribution in [1.29, 1.82) is 0 Å². The molecule has 0 aliphatic heterocycles. The molecule has 0 saturated carbocycles. The summed E-state index contributed by atoms with van der Waals surface area (Å²) in [6.45, 7) is 14.4. The molecule has 0 heteroatoms. The Kier molecular flexibility index (Phi) is 10.9. The van der Waals surface area contributed by atoms with Crippen LogP contribution in [0.2, 0.25) is 0 Å². The van der Waals surface area contributed by atoms with Crippen molar-refractivity contribution < 1.29 is 0 Å². The van der Waals surface area contributed by atoms with Crippen LogP contribution in [0.4, 0.5) is 0 Å². The summed E-state index contributed by atoms with van der Waals surface area (Å²) in [5.41, 5.74) is 0. The molecule has 18 heavy (non-hydrogen) atoms. The fourth-order valence-electron chi connectivity index (χ4n) is 3.92. The zero-order chi connectivity index (χ0) is 14.0. The van der Waals surface area contributed by atoms with Crippen LogP contribution in [0, 0.1) is 23.7 Å². The quantitative estimate of drug-likeness (QED) is 0.385. The average Bonchev–Trinajstić information content (AvgIpc) is 2.34. The summed E-state index contributed by atoms with van der Waals surface area (Å²) < 4.78 is 0. The van der Waals surface area contributed by atoms with Gasteiger partial charge in [0.1, 0.15) is 0 Å². The number of unbranched alkanes of at least 4 members (excludes halogenated alkanes) is 1. The van der Waals surface area contributed by atoms with Gasteiger partial charge in [-0.3, -0.25) is 0 Å². The van der Waals surface area contributed by atoms with Crippen molar-refractivity contribution in [2.45, 2.75) is 92.9 Å². The van der Waals surface area contributed by atoms with Crippen molar-refractivity contribution in [1.82, 2.24) is 0 Å². The molecule has 110 valence electrons. The fraction of sp³-hybridized carbons (Fsp3) is 1.00. The molecule has 0 aromatic carbocycles. The van der Waals surface area contributed by atoms with Crippen LogP contribution in [0.3, 0.4) is 0 Å². The summed E-state index contributed by atoms with van der Waals surface area (Å²) >= 11 is 0. The molecule has 0 fully saturated rings. The second-order valence-corrected chi connectivity index (χ2v) is 6.42. The lowest BCUT2D eigenvalue weighted by molar-refractivity contribution is 0.135. The van der Waals surface area contributed by atoms with Crippen LogP contribution in [-0.4, -0.2) is 0 Å². The molecule has 0 aromatic heterocycles. The Hall–Kier alpha value is 0. The van der Waals surface area contributed by atoms with E-state index in [0.29, 0.717) is 0 Å². The highest BCUT2D eigenvalue weighted by Gasteiger charge is 2.29. The van der Waals surface area contributed by atoms with Crippen molar-refractivity contribution in [2.24, 2.45) is 23.7 Å². The van der Waals surface area contributed by atoms with E-state index < -0.39 is 0 Å². The minimum Gasteiger partial charge on any atom is -0.0654 e. The Morgan fingerprint density at radius 1 is 0.667 bits per heavy atom. The number of hydrogen-bond acceptors (Lipinski definition) is 0. The van der Waals surface area contributed by atoms with Crippen LogP contribution >= 0.6 is 0 Å². The Bertz CT molecular complexity index is 161. The van der Waals surface area contributed by atoms with Crippen LogP contribution in [0.5, 0.6) is 0 Å². The summed E-state index contributed by atoms with van der Waals surface area (Å²) in [5, 5.41) is 0. The van der Waals surface area contributed by atoms with Gasteiger partial charge in [0.05, 0.1) is 0 Å². The van der Waals surface area contributed by atoms with Gasteiger partial charge in [-0.05, 0) is 23.7 Å². The van der Waals surface area contributed by atoms with E-state index in [4.69, 9.17) is 0 Å². The Morgan fingerprint density at radius 2 is 1.17 bits per heavy atom. The van der Waals surface area contributed by atoms with Crippen molar-refractivity contribution in [3.63, 3.8) is 0 Å². The predicted octanol–water partition coefficient (Wildman–Crippen LogP) is 6.69. The van der Waals surface area contributed by atoms with E-state index >= 15 is 0 Å². The molecule has 0 saturated heterocycles. The number of rotatable bonds is 11. The SMILES string of the molecule is CCCCC(CC)C(C(C)CCC)C(C)CCC. The van der Waals surface area contributed by atoms with Crippen molar-refractivity contribution in [2.75, 3.05) is 0 Å². The molecule has 3 atom stereocenters. The zero-order valence-electron chi connectivity index (χ0n) is 14.0. The van der Waals surface area contributed by atoms with Crippen LogP contribution < -0.4 is 0 Å². The van der Waals surface area contributed by atoms with Gasteiger partial charge in [-0.2, -0.15) is 0 Å². The molecular weight excluding hydrogens is 216 g/mol. The summed E-state index contributed by atoms with van der Waals surface area (Å²) in [5.74, 6) is 3.76. The fourth-order valence-corrected chi connectivity index (χ4v) is 3.92. The lowest BCUT2D eigenvalue weighted by Gasteiger charge is -2.36. The standard InChI is InChI=1S/C18H38/c1-7-11-14-17(10-4)18(15(5)12-8-2)16(6)13-9-3/h15-18H,7-14H2,1-6H3. The van der Waals surface area contributed by atoms with E-state index in [-0.39, 0.29) is 0 Å². The third-order valence-corrected chi connectivity index (χ3v) is 4.80. The predicted molar refractivity (Wildman–Crippen MR) is 84.9 cm³/mol. The largest absolute Gasteiger partial charge is 0.0654 e. The van der Waals surface area contributed by atoms with Crippen molar-refractivity contribution >= 4 is 0 Å². The Morgan fingerprint density at radius 3 is 1.50 bits per heavy atom. The normalized spacial score (nSPS) is 18.3. The minimum absolute atomic E-state index is 0.915. The van der Waals surface area contributed by atoms with Crippen LogP contribution in [0.15, 0.2) is 0 Å². The summed E-state index contributed by atoms with van der Waals surface area (Å²) in [6, 6.07) is 0. The molecule has 0 aliphatic carbocycles.